The van der Waals surface area contributed by atoms with E-state index in [0.29, 0.717) is 18.0 Å². The lowest BCUT2D eigenvalue weighted by Crippen LogP contribution is -2.40. The molecule has 1 aliphatic carbocycles. The second-order valence-corrected chi connectivity index (χ2v) is 8.44. The smallest absolute Gasteiger partial charge is 0.254 e. The molecule has 6 nitrogen and oxygen atoms in total. The molecule has 1 saturated heterocycles. The van der Waals surface area contributed by atoms with Crippen molar-refractivity contribution in [3.05, 3.63) is 29.8 Å². The van der Waals surface area contributed by atoms with Crippen molar-refractivity contribution in [2.45, 2.75) is 36.6 Å². The molecule has 0 radical (unpaired) electrons. The zero-order valence-electron chi connectivity index (χ0n) is 14.0. The topological polar surface area (TPSA) is 78.5 Å². The molecule has 0 bridgehead atoms. The Bertz CT molecular complexity index is 701. The van der Waals surface area contributed by atoms with Gasteiger partial charge in [-0.05, 0) is 56.8 Å². The standard InChI is InChI=1S/C17H25N3O3S/c1-18-12-15-5-3-9-20(15)17(21)14-4-2-6-16(10-14)24(22,23)19-11-13-7-8-13/h2,4,6,10,13,15,18-19H,3,5,7-9,11-12H2,1H3. The average molecular weight is 351 g/mol. The van der Waals surface area contributed by atoms with Gasteiger partial charge in [0, 0.05) is 31.2 Å². The predicted molar refractivity (Wildman–Crippen MR) is 92.3 cm³/mol. The number of likely N-dealkylation sites (N-methyl/N-ethyl adjacent to an activating group) is 1. The highest BCUT2D eigenvalue weighted by Crippen LogP contribution is 2.28. The van der Waals surface area contributed by atoms with E-state index in [1.54, 1.807) is 18.2 Å². The summed E-state index contributed by atoms with van der Waals surface area (Å²) in [6, 6.07) is 6.54. The van der Waals surface area contributed by atoms with Crippen LogP contribution in [0.2, 0.25) is 0 Å². The molecule has 2 fully saturated rings. The molecular weight excluding hydrogens is 326 g/mol. The van der Waals surface area contributed by atoms with Crippen LogP contribution >= 0.6 is 0 Å². The molecular formula is C17H25N3O3S. The van der Waals surface area contributed by atoms with Crippen molar-refractivity contribution >= 4 is 15.9 Å². The number of carbonyl (C=O) groups excluding carboxylic acids is 1. The lowest BCUT2D eigenvalue weighted by molar-refractivity contribution is 0.0737. The van der Waals surface area contributed by atoms with Gasteiger partial charge in [-0.15, -0.1) is 0 Å². The quantitative estimate of drug-likeness (QED) is 0.774. The fraction of sp³-hybridized carbons (Fsp3) is 0.588. The zero-order chi connectivity index (χ0) is 17.2. The Morgan fingerprint density at radius 2 is 2.04 bits per heavy atom. The minimum absolute atomic E-state index is 0.0907. The summed E-state index contributed by atoms with van der Waals surface area (Å²) in [5, 5.41) is 3.12. The highest BCUT2D eigenvalue weighted by molar-refractivity contribution is 7.89. The lowest BCUT2D eigenvalue weighted by Gasteiger charge is -2.24. The van der Waals surface area contributed by atoms with E-state index in [1.807, 2.05) is 11.9 Å². The average Bonchev–Trinajstić information content (AvgIpc) is 3.31. The maximum atomic E-state index is 12.8. The first-order chi connectivity index (χ1) is 11.5. The predicted octanol–water partition coefficient (Wildman–Crippen LogP) is 1.20. The van der Waals surface area contributed by atoms with Crippen molar-refractivity contribution in [2.75, 3.05) is 26.7 Å². The molecule has 1 aromatic rings. The summed E-state index contributed by atoms with van der Waals surface area (Å²) < 4.78 is 27.4. The molecule has 1 aromatic carbocycles. The molecule has 7 heteroatoms. The molecule has 24 heavy (non-hydrogen) atoms. The molecule has 1 saturated carbocycles. The van der Waals surface area contributed by atoms with E-state index < -0.39 is 10.0 Å². The highest BCUT2D eigenvalue weighted by atomic mass is 32.2. The Morgan fingerprint density at radius 1 is 1.25 bits per heavy atom. The number of sulfonamides is 1. The summed E-state index contributed by atoms with van der Waals surface area (Å²) in [7, 11) is -1.68. The summed E-state index contributed by atoms with van der Waals surface area (Å²) >= 11 is 0. The summed E-state index contributed by atoms with van der Waals surface area (Å²) in [4.78, 5) is 14.8. The molecule has 0 spiro atoms. The van der Waals surface area contributed by atoms with Crippen LogP contribution in [-0.4, -0.2) is 51.9 Å². The number of benzene rings is 1. The molecule has 1 heterocycles. The number of carbonyl (C=O) groups is 1. The van der Waals surface area contributed by atoms with Crippen molar-refractivity contribution < 1.29 is 13.2 Å². The molecule has 1 atom stereocenters. The molecule has 1 amide bonds. The van der Waals surface area contributed by atoms with Crippen molar-refractivity contribution in [3.63, 3.8) is 0 Å². The fourth-order valence-corrected chi connectivity index (χ4v) is 4.31. The van der Waals surface area contributed by atoms with Crippen molar-refractivity contribution in [3.8, 4) is 0 Å². The second-order valence-electron chi connectivity index (χ2n) is 6.68. The van der Waals surface area contributed by atoms with Crippen LogP contribution in [0.1, 0.15) is 36.0 Å². The van der Waals surface area contributed by atoms with Gasteiger partial charge >= 0.3 is 0 Å². The Hall–Kier alpha value is -1.44. The fourth-order valence-electron chi connectivity index (χ4n) is 3.15. The van der Waals surface area contributed by atoms with E-state index in [-0.39, 0.29) is 16.8 Å². The Labute approximate surface area is 143 Å². The summed E-state index contributed by atoms with van der Waals surface area (Å²) in [5.41, 5.74) is 0.437. The summed E-state index contributed by atoms with van der Waals surface area (Å²) in [5.74, 6) is 0.378. The number of nitrogens with zero attached hydrogens (tertiary/aromatic N) is 1. The Balaban J connectivity index is 1.75. The van der Waals surface area contributed by atoms with Gasteiger partial charge in [-0.25, -0.2) is 13.1 Å². The number of hydrogen-bond donors (Lipinski definition) is 2. The van der Waals surface area contributed by atoms with E-state index in [1.165, 1.54) is 6.07 Å². The van der Waals surface area contributed by atoms with Crippen LogP contribution in [0.4, 0.5) is 0 Å². The third kappa shape index (κ3) is 3.96. The summed E-state index contributed by atoms with van der Waals surface area (Å²) in [6.07, 6.45) is 4.14. The molecule has 3 rings (SSSR count). The van der Waals surface area contributed by atoms with Gasteiger partial charge in [-0.1, -0.05) is 6.07 Å². The van der Waals surface area contributed by atoms with Gasteiger partial charge in [0.05, 0.1) is 4.90 Å². The largest absolute Gasteiger partial charge is 0.334 e. The van der Waals surface area contributed by atoms with Gasteiger partial charge in [-0.3, -0.25) is 4.79 Å². The molecule has 132 valence electrons. The van der Waals surface area contributed by atoms with Crippen LogP contribution in [-0.2, 0) is 10.0 Å². The first-order valence-corrected chi connectivity index (χ1v) is 10.0. The van der Waals surface area contributed by atoms with Crippen LogP contribution < -0.4 is 10.0 Å². The van der Waals surface area contributed by atoms with Gasteiger partial charge in [0.1, 0.15) is 0 Å². The number of likely N-dealkylation sites (tertiary alicyclic amines) is 1. The number of hydrogen-bond acceptors (Lipinski definition) is 4. The van der Waals surface area contributed by atoms with E-state index in [2.05, 4.69) is 10.0 Å². The van der Waals surface area contributed by atoms with Crippen LogP contribution in [0.3, 0.4) is 0 Å². The number of rotatable bonds is 7. The van der Waals surface area contributed by atoms with Crippen LogP contribution in [0, 0.1) is 5.92 Å². The Morgan fingerprint density at radius 3 is 2.75 bits per heavy atom. The van der Waals surface area contributed by atoms with Gasteiger partial charge in [0.15, 0.2) is 0 Å². The molecule has 0 aromatic heterocycles. The minimum Gasteiger partial charge on any atom is -0.334 e. The molecule has 2 aliphatic rings. The van der Waals surface area contributed by atoms with E-state index in [9.17, 15) is 13.2 Å². The van der Waals surface area contributed by atoms with Crippen LogP contribution in [0.25, 0.3) is 0 Å². The van der Waals surface area contributed by atoms with E-state index in [4.69, 9.17) is 0 Å². The maximum Gasteiger partial charge on any atom is 0.254 e. The van der Waals surface area contributed by atoms with E-state index >= 15 is 0 Å². The highest BCUT2D eigenvalue weighted by Gasteiger charge is 2.29. The third-order valence-corrected chi connectivity index (χ3v) is 6.15. The lowest BCUT2D eigenvalue weighted by atomic mass is 10.1. The molecule has 2 N–H and O–H groups in total. The third-order valence-electron chi connectivity index (χ3n) is 4.73. The SMILES string of the molecule is CNCC1CCCN1C(=O)c1cccc(S(=O)(=O)NCC2CC2)c1. The van der Waals surface area contributed by atoms with Gasteiger partial charge in [-0.2, -0.15) is 0 Å². The minimum atomic E-state index is -3.55. The first-order valence-electron chi connectivity index (χ1n) is 8.56. The van der Waals surface area contributed by atoms with Crippen molar-refractivity contribution in [2.24, 2.45) is 5.92 Å². The van der Waals surface area contributed by atoms with E-state index in [0.717, 1.165) is 38.8 Å². The van der Waals surface area contributed by atoms with Crippen molar-refractivity contribution in [1.82, 2.24) is 14.9 Å². The normalized spacial score (nSPS) is 21.2. The molecule has 1 aliphatic heterocycles. The first kappa shape index (κ1) is 17.4. The van der Waals surface area contributed by atoms with Crippen LogP contribution in [0.5, 0.6) is 0 Å². The molecule has 1 unspecified atom stereocenters. The van der Waals surface area contributed by atoms with Gasteiger partial charge in [0.2, 0.25) is 10.0 Å². The van der Waals surface area contributed by atoms with Gasteiger partial charge < -0.3 is 10.2 Å². The second kappa shape index (κ2) is 7.21. The van der Waals surface area contributed by atoms with Crippen LogP contribution in [0.15, 0.2) is 29.2 Å². The van der Waals surface area contributed by atoms with Gasteiger partial charge in [0.25, 0.3) is 5.91 Å². The van der Waals surface area contributed by atoms with Crippen molar-refractivity contribution in [1.29, 1.82) is 0 Å². The Kier molecular flexibility index (Phi) is 5.22. The maximum absolute atomic E-state index is 12.8. The zero-order valence-corrected chi connectivity index (χ0v) is 14.8. The number of amides is 1. The monoisotopic (exact) mass is 351 g/mol. The summed E-state index contributed by atoms with van der Waals surface area (Å²) in [6.45, 7) is 1.96. The number of nitrogens with one attached hydrogen (secondary N) is 2.